The summed E-state index contributed by atoms with van der Waals surface area (Å²) in [6.07, 6.45) is 8.72. The van der Waals surface area contributed by atoms with Gasteiger partial charge in [0.1, 0.15) is 16.3 Å². The maximum absolute atomic E-state index is 12.3. The molecule has 0 spiro atoms. The van der Waals surface area contributed by atoms with E-state index in [1.807, 2.05) is 6.92 Å². The van der Waals surface area contributed by atoms with E-state index >= 15 is 0 Å². The van der Waals surface area contributed by atoms with Crippen molar-refractivity contribution in [1.29, 1.82) is 0 Å². The third-order valence-electron chi connectivity index (χ3n) is 3.70. The number of aromatic nitrogens is 2. The number of rotatable bonds is 8. The number of aryl methyl sites for hydroxylation is 1. The Balaban J connectivity index is 1.88. The minimum absolute atomic E-state index is 0.0369. The molecular formula is C16H22ClN3OS. The van der Waals surface area contributed by atoms with Crippen LogP contribution in [0, 0.1) is 6.92 Å². The molecule has 1 N–H and O–H groups in total. The number of carbonyl (C=O) groups excluding carboxylic acids is 1. The molecule has 0 fully saturated rings. The van der Waals surface area contributed by atoms with Crippen molar-refractivity contribution in [3.63, 3.8) is 0 Å². The number of unbranched alkanes of at least 4 members (excludes halogenated alkanes) is 5. The lowest BCUT2D eigenvalue weighted by Gasteiger charge is -2.04. The molecule has 4 nitrogen and oxygen atoms in total. The lowest BCUT2D eigenvalue weighted by atomic mass is 10.1. The van der Waals surface area contributed by atoms with Gasteiger partial charge in [0, 0.05) is 6.54 Å². The van der Waals surface area contributed by atoms with Crippen molar-refractivity contribution >= 4 is 39.1 Å². The molecule has 2 aromatic heterocycles. The van der Waals surface area contributed by atoms with Crippen molar-refractivity contribution in [3.05, 3.63) is 21.9 Å². The molecule has 6 heteroatoms. The molecular weight excluding hydrogens is 318 g/mol. The highest BCUT2D eigenvalue weighted by molar-refractivity contribution is 7.20. The van der Waals surface area contributed by atoms with Crippen LogP contribution in [0.3, 0.4) is 0 Å². The molecule has 0 unspecified atom stereocenters. The lowest BCUT2D eigenvalue weighted by molar-refractivity contribution is 0.0956. The second-order valence-corrected chi connectivity index (χ2v) is 6.78. The van der Waals surface area contributed by atoms with Crippen LogP contribution in [0.2, 0.25) is 5.15 Å². The minimum atomic E-state index is -0.0369. The molecule has 0 saturated carbocycles. The molecule has 0 aromatic carbocycles. The first-order valence-electron chi connectivity index (χ1n) is 7.83. The van der Waals surface area contributed by atoms with E-state index in [-0.39, 0.29) is 5.91 Å². The van der Waals surface area contributed by atoms with E-state index in [1.165, 1.54) is 49.8 Å². The van der Waals surface area contributed by atoms with Crippen molar-refractivity contribution in [2.75, 3.05) is 6.54 Å². The van der Waals surface area contributed by atoms with Crippen LogP contribution >= 0.6 is 22.9 Å². The number of fused-ring (bicyclic) bond motifs is 1. The standard InChI is InChI=1S/C16H22ClN3OS/c1-3-4-5-6-7-8-9-18-15(21)13-11(2)12-14(17)19-10-20-16(12)22-13/h10H,3-9H2,1-2H3,(H,18,21). The zero-order valence-electron chi connectivity index (χ0n) is 13.1. The van der Waals surface area contributed by atoms with Gasteiger partial charge in [-0.05, 0) is 18.9 Å². The van der Waals surface area contributed by atoms with E-state index in [0.29, 0.717) is 10.0 Å². The molecule has 0 saturated heterocycles. The van der Waals surface area contributed by atoms with Gasteiger partial charge in [-0.3, -0.25) is 4.79 Å². The SMILES string of the molecule is CCCCCCCCNC(=O)c1sc2ncnc(Cl)c2c1C. The number of nitrogens with one attached hydrogen (secondary N) is 1. The molecule has 2 aromatic rings. The smallest absolute Gasteiger partial charge is 0.261 e. The predicted octanol–water partition coefficient (Wildman–Crippen LogP) is 4.74. The topological polar surface area (TPSA) is 54.9 Å². The normalized spacial score (nSPS) is 11.0. The molecule has 2 heterocycles. The summed E-state index contributed by atoms with van der Waals surface area (Å²) in [5, 5.41) is 4.19. The Hall–Kier alpha value is -1.20. The van der Waals surface area contributed by atoms with Crippen molar-refractivity contribution in [3.8, 4) is 0 Å². The number of nitrogens with zero attached hydrogens (tertiary/aromatic N) is 2. The second kappa shape index (κ2) is 8.44. The van der Waals surface area contributed by atoms with Crippen LogP contribution in [0.1, 0.15) is 60.7 Å². The van der Waals surface area contributed by atoms with Crippen molar-refractivity contribution in [2.45, 2.75) is 52.4 Å². The van der Waals surface area contributed by atoms with Crippen LogP contribution in [0.15, 0.2) is 6.33 Å². The Bertz CT molecular complexity index is 642. The Labute approximate surface area is 140 Å². The highest BCUT2D eigenvalue weighted by Gasteiger charge is 2.18. The third-order valence-corrected chi connectivity index (χ3v) is 5.19. The van der Waals surface area contributed by atoms with Gasteiger partial charge >= 0.3 is 0 Å². The highest BCUT2D eigenvalue weighted by Crippen LogP contribution is 2.32. The monoisotopic (exact) mass is 339 g/mol. The van der Waals surface area contributed by atoms with E-state index in [0.717, 1.165) is 28.7 Å². The minimum Gasteiger partial charge on any atom is -0.351 e. The number of amides is 1. The predicted molar refractivity (Wildman–Crippen MR) is 92.9 cm³/mol. The van der Waals surface area contributed by atoms with Crippen LogP contribution < -0.4 is 5.32 Å². The van der Waals surface area contributed by atoms with Crippen LogP contribution in [0.5, 0.6) is 0 Å². The fourth-order valence-electron chi connectivity index (χ4n) is 2.43. The Morgan fingerprint density at radius 3 is 2.68 bits per heavy atom. The van der Waals surface area contributed by atoms with E-state index in [1.54, 1.807) is 0 Å². The summed E-state index contributed by atoms with van der Waals surface area (Å²) in [6, 6.07) is 0. The number of thiophene rings is 1. The van der Waals surface area contributed by atoms with Gasteiger partial charge in [0.25, 0.3) is 5.91 Å². The Morgan fingerprint density at radius 2 is 1.95 bits per heavy atom. The van der Waals surface area contributed by atoms with Gasteiger partial charge in [0.15, 0.2) is 0 Å². The first-order valence-corrected chi connectivity index (χ1v) is 9.02. The summed E-state index contributed by atoms with van der Waals surface area (Å²) >= 11 is 7.46. The summed E-state index contributed by atoms with van der Waals surface area (Å²) < 4.78 is 0. The van der Waals surface area contributed by atoms with Crippen molar-refractivity contribution in [1.82, 2.24) is 15.3 Å². The first kappa shape index (κ1) is 17.2. The van der Waals surface area contributed by atoms with E-state index in [9.17, 15) is 4.79 Å². The largest absolute Gasteiger partial charge is 0.351 e. The Kier molecular flexibility index (Phi) is 6.58. The molecule has 1 amide bonds. The van der Waals surface area contributed by atoms with E-state index in [2.05, 4.69) is 22.2 Å². The van der Waals surface area contributed by atoms with Crippen molar-refractivity contribution in [2.24, 2.45) is 0 Å². The van der Waals surface area contributed by atoms with Crippen LogP contribution in [0.25, 0.3) is 10.2 Å². The Morgan fingerprint density at radius 1 is 1.23 bits per heavy atom. The van der Waals surface area contributed by atoms with Gasteiger partial charge in [-0.1, -0.05) is 50.6 Å². The lowest BCUT2D eigenvalue weighted by Crippen LogP contribution is -2.24. The summed E-state index contributed by atoms with van der Waals surface area (Å²) in [5.41, 5.74) is 0.867. The molecule has 0 aliphatic rings. The molecule has 0 atom stereocenters. The number of halogens is 1. The molecule has 2 rings (SSSR count). The quantitative estimate of drug-likeness (QED) is 0.558. The molecule has 0 aliphatic heterocycles. The van der Waals surface area contributed by atoms with Gasteiger partial charge in [0.2, 0.25) is 0 Å². The third kappa shape index (κ3) is 4.17. The van der Waals surface area contributed by atoms with Crippen LogP contribution in [-0.2, 0) is 0 Å². The molecule has 0 bridgehead atoms. The zero-order valence-corrected chi connectivity index (χ0v) is 14.7. The maximum Gasteiger partial charge on any atom is 0.261 e. The van der Waals surface area contributed by atoms with Gasteiger partial charge < -0.3 is 5.32 Å². The second-order valence-electron chi connectivity index (χ2n) is 5.42. The van der Waals surface area contributed by atoms with Gasteiger partial charge in [-0.15, -0.1) is 11.3 Å². The molecule has 0 aliphatic carbocycles. The first-order chi connectivity index (χ1) is 10.6. The summed E-state index contributed by atoms with van der Waals surface area (Å²) in [7, 11) is 0. The number of hydrogen-bond donors (Lipinski definition) is 1. The van der Waals surface area contributed by atoms with E-state index in [4.69, 9.17) is 11.6 Å². The van der Waals surface area contributed by atoms with Gasteiger partial charge in [-0.25, -0.2) is 9.97 Å². The van der Waals surface area contributed by atoms with E-state index < -0.39 is 0 Å². The fourth-order valence-corrected chi connectivity index (χ4v) is 3.83. The number of carbonyl (C=O) groups is 1. The molecule has 0 radical (unpaired) electrons. The fraction of sp³-hybridized carbons (Fsp3) is 0.562. The van der Waals surface area contributed by atoms with Crippen LogP contribution in [0.4, 0.5) is 0 Å². The van der Waals surface area contributed by atoms with Crippen LogP contribution in [-0.4, -0.2) is 22.4 Å². The van der Waals surface area contributed by atoms with Gasteiger partial charge in [-0.2, -0.15) is 0 Å². The number of hydrogen-bond acceptors (Lipinski definition) is 4. The zero-order chi connectivity index (χ0) is 15.9. The summed E-state index contributed by atoms with van der Waals surface area (Å²) in [5.74, 6) is -0.0369. The average molecular weight is 340 g/mol. The average Bonchev–Trinajstić information content (AvgIpc) is 2.84. The van der Waals surface area contributed by atoms with Crippen molar-refractivity contribution < 1.29 is 4.79 Å². The highest BCUT2D eigenvalue weighted by atomic mass is 35.5. The van der Waals surface area contributed by atoms with Gasteiger partial charge in [0.05, 0.1) is 10.3 Å². The summed E-state index contributed by atoms with van der Waals surface area (Å²) in [6.45, 7) is 4.83. The molecule has 120 valence electrons. The maximum atomic E-state index is 12.3. The molecule has 22 heavy (non-hydrogen) atoms. The summed E-state index contributed by atoms with van der Waals surface area (Å²) in [4.78, 5) is 21.9.